The molecule has 2 rings (SSSR count). The monoisotopic (exact) mass is 248 g/mol. The second-order valence-corrected chi connectivity index (χ2v) is 4.37. The van der Waals surface area contributed by atoms with Gasteiger partial charge in [0.05, 0.1) is 12.5 Å². The number of hydrogen-bond donors (Lipinski definition) is 2. The predicted molar refractivity (Wildman–Crippen MR) is 70.8 cm³/mol. The van der Waals surface area contributed by atoms with Gasteiger partial charge in [0.25, 0.3) is 0 Å². The number of benzene rings is 1. The molecule has 0 bridgehead atoms. The Bertz CT molecular complexity index is 407. The highest BCUT2D eigenvalue weighted by Crippen LogP contribution is 2.33. The maximum absolute atomic E-state index is 12.1. The quantitative estimate of drug-likeness (QED) is 0.772. The van der Waals surface area contributed by atoms with Crippen molar-refractivity contribution in [1.29, 1.82) is 0 Å². The highest BCUT2D eigenvalue weighted by molar-refractivity contribution is 5.84. The summed E-state index contributed by atoms with van der Waals surface area (Å²) in [6, 6.07) is 7.78. The van der Waals surface area contributed by atoms with Gasteiger partial charge in [-0.2, -0.15) is 0 Å². The third-order valence-corrected chi connectivity index (χ3v) is 3.13. The molecular formula is C14H20N2O2. The van der Waals surface area contributed by atoms with Crippen molar-refractivity contribution in [3.63, 3.8) is 0 Å². The van der Waals surface area contributed by atoms with Gasteiger partial charge in [-0.3, -0.25) is 4.79 Å². The number of carbonyl (C=O) groups is 1. The van der Waals surface area contributed by atoms with Crippen molar-refractivity contribution in [2.75, 3.05) is 26.2 Å². The molecule has 0 aliphatic carbocycles. The van der Waals surface area contributed by atoms with Crippen LogP contribution >= 0.6 is 0 Å². The van der Waals surface area contributed by atoms with Crippen LogP contribution in [0.2, 0.25) is 0 Å². The molecule has 0 fully saturated rings. The second kappa shape index (κ2) is 6.40. The molecule has 1 heterocycles. The summed E-state index contributed by atoms with van der Waals surface area (Å²) < 4.78 is 5.55. The standard InChI is InChI=1S/C14H20N2O2/c1-2-15-8-9-16-14(17)12-7-10-18-13-6-4-3-5-11(12)13/h3-6,12,15H,2,7-10H2,1H3,(H,16,17). The number of carbonyl (C=O) groups excluding carboxylic acids is 1. The molecule has 0 saturated carbocycles. The van der Waals surface area contributed by atoms with E-state index in [0.29, 0.717) is 13.2 Å². The van der Waals surface area contributed by atoms with Crippen LogP contribution < -0.4 is 15.4 Å². The van der Waals surface area contributed by atoms with Crippen LogP contribution in [0.5, 0.6) is 5.75 Å². The lowest BCUT2D eigenvalue weighted by Crippen LogP contribution is -2.36. The Morgan fingerprint density at radius 1 is 1.39 bits per heavy atom. The van der Waals surface area contributed by atoms with Crippen LogP contribution in [0.25, 0.3) is 0 Å². The maximum atomic E-state index is 12.1. The fraction of sp³-hybridized carbons (Fsp3) is 0.500. The summed E-state index contributed by atoms with van der Waals surface area (Å²) in [6.07, 6.45) is 0.754. The molecule has 1 aliphatic heterocycles. The Morgan fingerprint density at radius 2 is 2.22 bits per heavy atom. The molecular weight excluding hydrogens is 228 g/mol. The lowest BCUT2D eigenvalue weighted by atomic mass is 9.92. The van der Waals surface area contributed by atoms with Crippen molar-refractivity contribution >= 4 is 5.91 Å². The van der Waals surface area contributed by atoms with Crippen molar-refractivity contribution in [3.8, 4) is 5.75 Å². The van der Waals surface area contributed by atoms with Crippen LogP contribution in [-0.4, -0.2) is 32.1 Å². The Kier molecular flexibility index (Phi) is 4.59. The van der Waals surface area contributed by atoms with E-state index < -0.39 is 0 Å². The molecule has 2 N–H and O–H groups in total. The van der Waals surface area contributed by atoms with Crippen molar-refractivity contribution in [2.45, 2.75) is 19.3 Å². The lowest BCUT2D eigenvalue weighted by molar-refractivity contribution is -0.123. The van der Waals surface area contributed by atoms with Gasteiger partial charge in [-0.05, 0) is 19.0 Å². The van der Waals surface area contributed by atoms with Crippen LogP contribution in [0.3, 0.4) is 0 Å². The molecule has 1 amide bonds. The number of nitrogens with one attached hydrogen (secondary N) is 2. The minimum Gasteiger partial charge on any atom is -0.493 e. The predicted octanol–water partition coefficient (Wildman–Crippen LogP) is 1.28. The topological polar surface area (TPSA) is 50.4 Å². The first-order valence-corrected chi connectivity index (χ1v) is 6.53. The molecule has 1 aliphatic rings. The fourth-order valence-corrected chi connectivity index (χ4v) is 2.19. The van der Waals surface area contributed by atoms with E-state index in [4.69, 9.17) is 4.74 Å². The lowest BCUT2D eigenvalue weighted by Gasteiger charge is -2.25. The van der Waals surface area contributed by atoms with Crippen molar-refractivity contribution in [2.24, 2.45) is 0 Å². The summed E-state index contributed by atoms with van der Waals surface area (Å²) in [7, 11) is 0. The van der Waals surface area contributed by atoms with Crippen molar-refractivity contribution in [3.05, 3.63) is 29.8 Å². The summed E-state index contributed by atoms with van der Waals surface area (Å²) in [5.41, 5.74) is 1.00. The van der Waals surface area contributed by atoms with E-state index in [-0.39, 0.29) is 11.8 Å². The van der Waals surface area contributed by atoms with E-state index in [2.05, 4.69) is 17.6 Å². The van der Waals surface area contributed by atoms with Crippen LogP contribution in [0.15, 0.2) is 24.3 Å². The van der Waals surface area contributed by atoms with E-state index in [1.807, 2.05) is 24.3 Å². The number of para-hydroxylation sites is 1. The number of rotatable bonds is 5. The number of likely N-dealkylation sites (N-methyl/N-ethyl adjacent to an activating group) is 1. The van der Waals surface area contributed by atoms with Crippen molar-refractivity contribution < 1.29 is 9.53 Å². The maximum Gasteiger partial charge on any atom is 0.227 e. The smallest absolute Gasteiger partial charge is 0.227 e. The van der Waals surface area contributed by atoms with Gasteiger partial charge in [0.2, 0.25) is 5.91 Å². The largest absolute Gasteiger partial charge is 0.493 e. The van der Waals surface area contributed by atoms with E-state index in [1.54, 1.807) is 0 Å². The molecule has 0 spiro atoms. The summed E-state index contributed by atoms with van der Waals surface area (Å²) in [5.74, 6) is 0.871. The first-order valence-electron chi connectivity index (χ1n) is 6.53. The zero-order chi connectivity index (χ0) is 12.8. The van der Waals surface area contributed by atoms with Crippen LogP contribution in [0.4, 0.5) is 0 Å². The van der Waals surface area contributed by atoms with Gasteiger partial charge >= 0.3 is 0 Å². The number of ether oxygens (including phenoxy) is 1. The molecule has 18 heavy (non-hydrogen) atoms. The molecule has 4 nitrogen and oxygen atoms in total. The molecule has 0 saturated heterocycles. The number of amides is 1. The Labute approximate surface area is 108 Å². The number of fused-ring (bicyclic) bond motifs is 1. The SMILES string of the molecule is CCNCCNC(=O)C1CCOc2ccccc21. The third kappa shape index (κ3) is 3.01. The van der Waals surface area contributed by atoms with Crippen molar-refractivity contribution in [1.82, 2.24) is 10.6 Å². The normalized spacial score (nSPS) is 17.7. The first-order chi connectivity index (χ1) is 8.83. The first kappa shape index (κ1) is 12.9. The Morgan fingerprint density at radius 3 is 3.06 bits per heavy atom. The van der Waals surface area contributed by atoms with E-state index in [1.165, 1.54) is 0 Å². The van der Waals surface area contributed by atoms with Crippen LogP contribution in [0, 0.1) is 0 Å². The fourth-order valence-electron chi connectivity index (χ4n) is 2.19. The minimum atomic E-state index is -0.0726. The van der Waals surface area contributed by atoms with Gasteiger partial charge in [-0.1, -0.05) is 25.1 Å². The highest BCUT2D eigenvalue weighted by atomic mass is 16.5. The van der Waals surface area contributed by atoms with Gasteiger partial charge in [0.1, 0.15) is 5.75 Å². The van der Waals surface area contributed by atoms with Gasteiger partial charge in [-0.25, -0.2) is 0 Å². The summed E-state index contributed by atoms with van der Waals surface area (Å²) in [6.45, 7) is 5.08. The molecule has 1 aromatic carbocycles. The Balaban J connectivity index is 1.95. The molecule has 4 heteroatoms. The Hall–Kier alpha value is -1.55. The molecule has 1 aromatic rings. The van der Waals surface area contributed by atoms with Gasteiger partial charge in [0, 0.05) is 18.7 Å². The van der Waals surface area contributed by atoms with E-state index >= 15 is 0 Å². The molecule has 0 aromatic heterocycles. The molecule has 0 radical (unpaired) electrons. The molecule has 1 unspecified atom stereocenters. The number of hydrogen-bond acceptors (Lipinski definition) is 3. The van der Waals surface area contributed by atoms with Crippen LogP contribution in [0.1, 0.15) is 24.8 Å². The average Bonchev–Trinajstić information content (AvgIpc) is 2.43. The van der Waals surface area contributed by atoms with E-state index in [0.717, 1.165) is 30.8 Å². The van der Waals surface area contributed by atoms with Crippen LogP contribution in [-0.2, 0) is 4.79 Å². The highest BCUT2D eigenvalue weighted by Gasteiger charge is 2.26. The summed E-state index contributed by atoms with van der Waals surface area (Å²) >= 11 is 0. The molecule has 1 atom stereocenters. The zero-order valence-corrected chi connectivity index (χ0v) is 10.7. The molecule has 98 valence electrons. The second-order valence-electron chi connectivity index (χ2n) is 4.37. The summed E-state index contributed by atoms with van der Waals surface area (Å²) in [4.78, 5) is 12.1. The van der Waals surface area contributed by atoms with E-state index in [9.17, 15) is 4.79 Å². The summed E-state index contributed by atoms with van der Waals surface area (Å²) in [5, 5.41) is 6.16. The van der Waals surface area contributed by atoms with Gasteiger partial charge in [0.15, 0.2) is 0 Å². The average molecular weight is 248 g/mol. The minimum absolute atomic E-state index is 0.0726. The van der Waals surface area contributed by atoms with Gasteiger partial charge in [-0.15, -0.1) is 0 Å². The van der Waals surface area contributed by atoms with Gasteiger partial charge < -0.3 is 15.4 Å². The zero-order valence-electron chi connectivity index (χ0n) is 10.7. The third-order valence-electron chi connectivity index (χ3n) is 3.13.